The van der Waals surface area contributed by atoms with Gasteiger partial charge in [-0.3, -0.25) is 9.89 Å². The van der Waals surface area contributed by atoms with Crippen LogP contribution in [0, 0.1) is 5.41 Å². The molecule has 0 aliphatic carbocycles. The number of nitrogens with two attached hydrogens (primary N) is 1. The van der Waals surface area contributed by atoms with Crippen LogP contribution in [0.25, 0.3) is 0 Å². The van der Waals surface area contributed by atoms with Gasteiger partial charge in [0, 0.05) is 5.54 Å². The van der Waals surface area contributed by atoms with Crippen molar-refractivity contribution in [3.8, 4) is 0 Å². The molecule has 1 aromatic heterocycles. The minimum Gasteiger partial charge on any atom is -0.383 e. The van der Waals surface area contributed by atoms with E-state index in [1.54, 1.807) is 0 Å². The van der Waals surface area contributed by atoms with Crippen molar-refractivity contribution in [1.29, 1.82) is 0 Å². The van der Waals surface area contributed by atoms with E-state index in [1.807, 2.05) is 13.8 Å². The fourth-order valence-corrected chi connectivity index (χ4v) is 2.22. The Morgan fingerprint density at radius 3 is 2.41 bits per heavy atom. The predicted molar refractivity (Wildman–Crippen MR) is 68.6 cm³/mol. The highest BCUT2D eigenvalue weighted by Gasteiger charge is 2.28. The minimum atomic E-state index is -0.279. The normalized spacial score (nSPS) is 12.5. The van der Waals surface area contributed by atoms with Crippen LogP contribution in [-0.2, 0) is 0 Å². The zero-order valence-corrected chi connectivity index (χ0v) is 11.2. The van der Waals surface area contributed by atoms with Gasteiger partial charge in [-0.2, -0.15) is 5.10 Å². The van der Waals surface area contributed by atoms with E-state index in [0.717, 1.165) is 6.42 Å². The molecule has 5 heteroatoms. The molecule has 0 aliphatic rings. The number of aromatic nitrogens is 2. The van der Waals surface area contributed by atoms with Crippen molar-refractivity contribution in [1.82, 2.24) is 15.5 Å². The number of rotatable bonds is 3. The number of hydrogen-bond acceptors (Lipinski definition) is 3. The summed E-state index contributed by atoms with van der Waals surface area (Å²) in [6, 6.07) is 0. The molecule has 0 radical (unpaired) electrons. The van der Waals surface area contributed by atoms with Crippen molar-refractivity contribution < 1.29 is 4.79 Å². The first-order valence-electron chi connectivity index (χ1n) is 5.72. The fourth-order valence-electron chi connectivity index (χ4n) is 2.22. The summed E-state index contributed by atoms with van der Waals surface area (Å²) in [6.45, 7) is 10.5. The number of aromatic amines is 1. The van der Waals surface area contributed by atoms with Crippen molar-refractivity contribution in [2.75, 3.05) is 5.73 Å². The summed E-state index contributed by atoms with van der Waals surface area (Å²) in [4.78, 5) is 12.0. The topological polar surface area (TPSA) is 83.8 Å². The second kappa shape index (κ2) is 4.39. The zero-order valence-electron chi connectivity index (χ0n) is 11.2. The molecule has 0 spiro atoms. The summed E-state index contributed by atoms with van der Waals surface area (Å²) in [7, 11) is 0. The molecule has 1 rings (SSSR count). The number of nitrogens with zero attached hydrogens (tertiary/aromatic N) is 1. The maximum Gasteiger partial charge on any atom is 0.257 e. The van der Waals surface area contributed by atoms with Gasteiger partial charge in [0.1, 0.15) is 11.4 Å². The van der Waals surface area contributed by atoms with E-state index in [1.165, 1.54) is 6.20 Å². The first-order chi connectivity index (χ1) is 7.61. The van der Waals surface area contributed by atoms with Crippen LogP contribution in [-0.4, -0.2) is 21.6 Å². The molecule has 0 fully saturated rings. The molecule has 0 saturated heterocycles. The number of hydrogen-bond donors (Lipinski definition) is 3. The SMILES string of the molecule is CC(C)(C)CC(C)(C)NC(=O)c1cn[nH]c1N. The standard InChI is InChI=1S/C12H22N4O/c1-11(2,3)7-12(4,5)15-10(17)8-6-14-16-9(8)13/h6H,7H2,1-5H3,(H,15,17)(H3,13,14,16). The maximum absolute atomic E-state index is 12.0. The van der Waals surface area contributed by atoms with Gasteiger partial charge in [0.15, 0.2) is 0 Å². The first kappa shape index (κ1) is 13.5. The number of carbonyl (C=O) groups is 1. The van der Waals surface area contributed by atoms with Crippen LogP contribution in [0.15, 0.2) is 6.20 Å². The van der Waals surface area contributed by atoms with Gasteiger partial charge in [0.2, 0.25) is 0 Å². The van der Waals surface area contributed by atoms with Gasteiger partial charge in [-0.1, -0.05) is 20.8 Å². The van der Waals surface area contributed by atoms with Gasteiger partial charge in [-0.05, 0) is 25.7 Å². The van der Waals surface area contributed by atoms with E-state index in [-0.39, 0.29) is 16.9 Å². The molecule has 1 heterocycles. The summed E-state index contributed by atoms with van der Waals surface area (Å²) in [5.41, 5.74) is 5.88. The van der Waals surface area contributed by atoms with Crippen LogP contribution >= 0.6 is 0 Å². The Labute approximate surface area is 102 Å². The van der Waals surface area contributed by atoms with Gasteiger partial charge >= 0.3 is 0 Å². The van der Waals surface area contributed by atoms with Crippen molar-refractivity contribution in [2.45, 2.75) is 46.6 Å². The number of carbonyl (C=O) groups excluding carboxylic acids is 1. The third-order valence-corrected chi connectivity index (χ3v) is 2.34. The summed E-state index contributed by atoms with van der Waals surface area (Å²) in [5, 5.41) is 9.26. The number of nitrogen functional groups attached to an aromatic ring is 1. The molecular formula is C12H22N4O. The quantitative estimate of drug-likeness (QED) is 0.752. The van der Waals surface area contributed by atoms with Crippen molar-refractivity contribution in [3.05, 3.63) is 11.8 Å². The highest BCUT2D eigenvalue weighted by Crippen LogP contribution is 2.27. The molecule has 0 bridgehead atoms. The highest BCUT2D eigenvalue weighted by atomic mass is 16.1. The molecule has 17 heavy (non-hydrogen) atoms. The molecule has 0 aromatic carbocycles. The fraction of sp³-hybridized carbons (Fsp3) is 0.667. The molecule has 0 aliphatic heterocycles. The number of nitrogens with one attached hydrogen (secondary N) is 2. The van der Waals surface area contributed by atoms with E-state index in [0.29, 0.717) is 11.4 Å². The molecule has 0 unspecified atom stereocenters. The van der Waals surface area contributed by atoms with E-state index in [4.69, 9.17) is 5.73 Å². The summed E-state index contributed by atoms with van der Waals surface area (Å²) >= 11 is 0. The second-order valence-electron chi connectivity index (χ2n) is 6.27. The van der Waals surface area contributed by atoms with Crippen LogP contribution in [0.1, 0.15) is 51.4 Å². The molecule has 1 amide bonds. The van der Waals surface area contributed by atoms with E-state index in [9.17, 15) is 4.79 Å². The Morgan fingerprint density at radius 1 is 1.41 bits per heavy atom. The van der Waals surface area contributed by atoms with Crippen molar-refractivity contribution in [2.24, 2.45) is 5.41 Å². The Hall–Kier alpha value is -1.52. The monoisotopic (exact) mass is 238 g/mol. The van der Waals surface area contributed by atoms with Crippen molar-refractivity contribution in [3.63, 3.8) is 0 Å². The smallest absolute Gasteiger partial charge is 0.257 e. The Balaban J connectivity index is 2.72. The van der Waals surface area contributed by atoms with Gasteiger partial charge in [0.05, 0.1) is 6.20 Å². The molecular weight excluding hydrogens is 216 g/mol. The lowest BCUT2D eigenvalue weighted by molar-refractivity contribution is 0.0892. The third kappa shape index (κ3) is 4.09. The predicted octanol–water partition coefficient (Wildman–Crippen LogP) is 1.94. The zero-order chi connectivity index (χ0) is 13.3. The lowest BCUT2D eigenvalue weighted by atomic mass is 9.81. The average molecular weight is 238 g/mol. The van der Waals surface area contributed by atoms with Gasteiger partial charge in [-0.25, -0.2) is 0 Å². The largest absolute Gasteiger partial charge is 0.383 e. The average Bonchev–Trinajstić information content (AvgIpc) is 2.44. The first-order valence-corrected chi connectivity index (χ1v) is 5.72. The summed E-state index contributed by atoms with van der Waals surface area (Å²) < 4.78 is 0. The number of anilines is 1. The van der Waals surface area contributed by atoms with Crippen LogP contribution in [0.4, 0.5) is 5.82 Å². The second-order valence-corrected chi connectivity index (χ2v) is 6.27. The lowest BCUT2D eigenvalue weighted by Crippen LogP contribution is -2.45. The van der Waals surface area contributed by atoms with Crippen LogP contribution in [0.5, 0.6) is 0 Å². The van der Waals surface area contributed by atoms with E-state index < -0.39 is 0 Å². The lowest BCUT2D eigenvalue weighted by Gasteiger charge is -2.33. The Kier molecular flexibility index (Phi) is 3.50. The summed E-state index contributed by atoms with van der Waals surface area (Å²) in [5.74, 6) is 0.111. The van der Waals surface area contributed by atoms with Gasteiger partial charge < -0.3 is 11.1 Å². The number of H-pyrrole nitrogens is 1. The molecule has 0 saturated carbocycles. The molecule has 0 atom stereocenters. The maximum atomic E-state index is 12.0. The Bertz CT molecular complexity index is 401. The molecule has 4 N–H and O–H groups in total. The number of amides is 1. The van der Waals surface area contributed by atoms with Crippen LogP contribution in [0.2, 0.25) is 0 Å². The molecule has 96 valence electrons. The van der Waals surface area contributed by atoms with Gasteiger partial charge in [-0.15, -0.1) is 0 Å². The molecule has 1 aromatic rings. The van der Waals surface area contributed by atoms with Gasteiger partial charge in [0.25, 0.3) is 5.91 Å². The summed E-state index contributed by atoms with van der Waals surface area (Å²) in [6.07, 6.45) is 2.32. The van der Waals surface area contributed by atoms with Crippen molar-refractivity contribution >= 4 is 11.7 Å². The third-order valence-electron chi connectivity index (χ3n) is 2.34. The Morgan fingerprint density at radius 2 is 2.00 bits per heavy atom. The van der Waals surface area contributed by atoms with E-state index >= 15 is 0 Å². The van der Waals surface area contributed by atoms with Crippen LogP contribution < -0.4 is 11.1 Å². The molecule has 5 nitrogen and oxygen atoms in total. The van der Waals surface area contributed by atoms with Crippen LogP contribution in [0.3, 0.4) is 0 Å². The van der Waals surface area contributed by atoms with E-state index in [2.05, 4.69) is 36.3 Å². The minimum absolute atomic E-state index is 0.152. The highest BCUT2D eigenvalue weighted by molar-refractivity contribution is 5.98.